The summed E-state index contributed by atoms with van der Waals surface area (Å²) in [6.45, 7) is 3.38. The van der Waals surface area contributed by atoms with Crippen LogP contribution >= 0.6 is 0 Å². The molecule has 5 nitrogen and oxygen atoms in total. The average molecular weight is 291 g/mol. The van der Waals surface area contributed by atoms with E-state index in [1.165, 1.54) is 0 Å². The normalized spacial score (nSPS) is 19.1. The van der Waals surface area contributed by atoms with Gasteiger partial charge >= 0.3 is 5.97 Å². The Hall–Kier alpha value is -1.46. The number of carbonyl (C=O) groups excluding carboxylic acids is 1. The van der Waals surface area contributed by atoms with Crippen LogP contribution in [0, 0.1) is 0 Å². The lowest BCUT2D eigenvalue weighted by atomic mass is 10.1. The molecular formula is C16H23N2O3-. The van der Waals surface area contributed by atoms with Crippen molar-refractivity contribution in [2.45, 2.75) is 51.5 Å². The number of hydrogen-bond donors (Lipinski definition) is 0. The van der Waals surface area contributed by atoms with Gasteiger partial charge in [0.2, 0.25) is 0 Å². The van der Waals surface area contributed by atoms with E-state index in [-0.39, 0.29) is 0 Å². The Morgan fingerprint density at radius 2 is 1.76 bits per heavy atom. The molecule has 0 fully saturated rings. The van der Waals surface area contributed by atoms with Gasteiger partial charge in [0, 0.05) is 11.4 Å². The zero-order chi connectivity index (χ0) is 15.1. The van der Waals surface area contributed by atoms with Gasteiger partial charge in [-0.3, -0.25) is 14.7 Å². The summed E-state index contributed by atoms with van der Waals surface area (Å²) in [5.41, 5.74) is 2.29. The fourth-order valence-corrected chi connectivity index (χ4v) is 2.77. The molecule has 0 saturated heterocycles. The standard InChI is InChI=1S/C16H24N2O3/c1-13(16(19)21-20)18-11-4-2-7-14-9-6-10-15(17-14)8-3-5-12-18/h6,9-10,13,20H,2-5,7-8,11-12H2,1H3/p-1. The van der Waals surface area contributed by atoms with Crippen LogP contribution in [0.25, 0.3) is 0 Å². The van der Waals surface area contributed by atoms with Gasteiger partial charge in [-0.05, 0) is 70.7 Å². The Morgan fingerprint density at radius 3 is 2.29 bits per heavy atom. The molecule has 21 heavy (non-hydrogen) atoms. The van der Waals surface area contributed by atoms with Gasteiger partial charge in [-0.15, -0.1) is 0 Å². The summed E-state index contributed by atoms with van der Waals surface area (Å²) in [6.07, 6.45) is 5.97. The van der Waals surface area contributed by atoms with E-state index in [4.69, 9.17) is 0 Å². The highest BCUT2D eigenvalue weighted by Crippen LogP contribution is 2.12. The van der Waals surface area contributed by atoms with Crippen molar-refractivity contribution in [1.82, 2.24) is 9.88 Å². The fourth-order valence-electron chi connectivity index (χ4n) is 2.77. The summed E-state index contributed by atoms with van der Waals surface area (Å²) < 4.78 is 0. The molecule has 0 aliphatic carbocycles. The molecule has 2 heterocycles. The summed E-state index contributed by atoms with van der Waals surface area (Å²) in [6, 6.07) is 5.78. The van der Waals surface area contributed by atoms with E-state index < -0.39 is 12.0 Å². The van der Waals surface area contributed by atoms with Crippen LogP contribution in [-0.2, 0) is 22.5 Å². The molecule has 0 radical (unpaired) electrons. The number of aryl methyl sites for hydroxylation is 2. The minimum Gasteiger partial charge on any atom is -0.662 e. The zero-order valence-corrected chi connectivity index (χ0v) is 12.6. The number of hydrogen-bond acceptors (Lipinski definition) is 5. The molecule has 0 aromatic carbocycles. The maximum atomic E-state index is 11.4. The van der Waals surface area contributed by atoms with Crippen molar-refractivity contribution >= 4 is 5.97 Å². The van der Waals surface area contributed by atoms with Gasteiger partial charge in [0.05, 0.1) is 0 Å². The smallest absolute Gasteiger partial charge is 0.317 e. The third kappa shape index (κ3) is 4.79. The second kappa shape index (κ2) is 8.10. The molecule has 2 bridgehead atoms. The molecule has 116 valence electrons. The van der Waals surface area contributed by atoms with Crippen LogP contribution in [0.4, 0.5) is 0 Å². The van der Waals surface area contributed by atoms with Crippen molar-refractivity contribution in [2.24, 2.45) is 0 Å². The Labute approximate surface area is 125 Å². The van der Waals surface area contributed by atoms with E-state index in [0.717, 1.165) is 63.0 Å². The third-order valence-corrected chi connectivity index (χ3v) is 4.09. The minimum atomic E-state index is -0.686. The predicted octanol–water partition coefficient (Wildman–Crippen LogP) is 1.25. The van der Waals surface area contributed by atoms with E-state index in [1.54, 1.807) is 6.92 Å². The van der Waals surface area contributed by atoms with Crippen LogP contribution in [0.1, 0.15) is 44.0 Å². The lowest BCUT2D eigenvalue weighted by Gasteiger charge is -2.28. The van der Waals surface area contributed by atoms with Gasteiger partial charge < -0.3 is 10.1 Å². The van der Waals surface area contributed by atoms with Crippen molar-refractivity contribution < 1.29 is 14.9 Å². The number of aromatic nitrogens is 1. The van der Waals surface area contributed by atoms with Gasteiger partial charge in [0.15, 0.2) is 0 Å². The van der Waals surface area contributed by atoms with Crippen LogP contribution in [0.15, 0.2) is 18.2 Å². The van der Waals surface area contributed by atoms with Crippen molar-refractivity contribution in [3.05, 3.63) is 29.6 Å². The molecule has 1 aromatic heterocycles. The summed E-state index contributed by atoms with van der Waals surface area (Å²) in [5, 5.41) is 10.3. The first-order valence-electron chi connectivity index (χ1n) is 7.73. The molecule has 1 atom stereocenters. The summed E-state index contributed by atoms with van der Waals surface area (Å²) in [4.78, 5) is 21.8. The van der Waals surface area contributed by atoms with Crippen molar-refractivity contribution in [2.75, 3.05) is 13.1 Å². The summed E-state index contributed by atoms with van der Waals surface area (Å²) in [7, 11) is 0. The van der Waals surface area contributed by atoms with E-state index in [2.05, 4.69) is 33.0 Å². The van der Waals surface area contributed by atoms with Gasteiger partial charge in [0.25, 0.3) is 0 Å². The monoisotopic (exact) mass is 291 g/mol. The van der Waals surface area contributed by atoms with Gasteiger partial charge in [-0.1, -0.05) is 6.07 Å². The fraction of sp³-hybridized carbons (Fsp3) is 0.625. The average Bonchev–Trinajstić information content (AvgIpc) is 2.51. The van der Waals surface area contributed by atoms with Crippen LogP contribution < -0.4 is 5.26 Å². The van der Waals surface area contributed by atoms with Crippen molar-refractivity contribution in [3.8, 4) is 0 Å². The maximum absolute atomic E-state index is 11.4. The molecule has 0 spiro atoms. The SMILES string of the molecule is CC(C(=O)O[O-])N1CCCCc2cccc(n2)CCCC1. The molecule has 0 amide bonds. The molecule has 0 N–H and O–H groups in total. The first-order chi connectivity index (χ1) is 10.2. The zero-order valence-electron chi connectivity index (χ0n) is 12.6. The molecule has 0 saturated carbocycles. The Balaban J connectivity index is 1.98. The highest BCUT2D eigenvalue weighted by atomic mass is 17.1. The number of carbonyl (C=O) groups is 1. The lowest BCUT2D eigenvalue weighted by molar-refractivity contribution is -0.657. The van der Waals surface area contributed by atoms with Crippen LogP contribution in [0.5, 0.6) is 0 Å². The Morgan fingerprint density at radius 1 is 1.19 bits per heavy atom. The molecular weight excluding hydrogens is 268 g/mol. The second-order valence-electron chi connectivity index (χ2n) is 5.65. The second-order valence-corrected chi connectivity index (χ2v) is 5.65. The van der Waals surface area contributed by atoms with E-state index in [0.29, 0.717) is 0 Å². The maximum Gasteiger partial charge on any atom is 0.317 e. The van der Waals surface area contributed by atoms with Crippen LogP contribution in [0.2, 0.25) is 0 Å². The topological polar surface area (TPSA) is 65.5 Å². The van der Waals surface area contributed by atoms with E-state index in [1.807, 2.05) is 0 Å². The van der Waals surface area contributed by atoms with E-state index >= 15 is 0 Å². The van der Waals surface area contributed by atoms with Crippen LogP contribution in [0.3, 0.4) is 0 Å². The van der Waals surface area contributed by atoms with E-state index in [9.17, 15) is 10.1 Å². The van der Waals surface area contributed by atoms with Gasteiger partial charge in [-0.2, -0.15) is 0 Å². The molecule has 1 aromatic rings. The molecule has 1 aliphatic rings. The molecule has 2 rings (SSSR count). The van der Waals surface area contributed by atoms with Crippen molar-refractivity contribution in [1.29, 1.82) is 0 Å². The first-order valence-corrected chi connectivity index (χ1v) is 7.73. The summed E-state index contributed by atoms with van der Waals surface area (Å²) >= 11 is 0. The molecule has 1 unspecified atom stereocenters. The van der Waals surface area contributed by atoms with Gasteiger partial charge in [-0.25, -0.2) is 0 Å². The highest BCUT2D eigenvalue weighted by Gasteiger charge is 2.20. The lowest BCUT2D eigenvalue weighted by Crippen LogP contribution is -2.42. The number of rotatable bonds is 2. The molecule has 1 aliphatic heterocycles. The highest BCUT2D eigenvalue weighted by molar-refractivity contribution is 5.74. The Bertz CT molecular complexity index is 437. The number of pyridine rings is 1. The largest absolute Gasteiger partial charge is 0.662 e. The number of fused-ring (bicyclic) bond motifs is 2. The van der Waals surface area contributed by atoms with Gasteiger partial charge in [0.1, 0.15) is 6.04 Å². The summed E-state index contributed by atoms with van der Waals surface area (Å²) in [5.74, 6) is -0.686. The number of nitrogens with zero attached hydrogens (tertiary/aromatic N) is 2. The molecule has 5 heteroatoms. The predicted molar refractivity (Wildman–Crippen MR) is 77.2 cm³/mol. The third-order valence-electron chi connectivity index (χ3n) is 4.09. The quantitative estimate of drug-likeness (QED) is 0.606. The Kier molecular flexibility index (Phi) is 6.14. The first kappa shape index (κ1) is 15.9. The minimum absolute atomic E-state index is 0.457. The van der Waals surface area contributed by atoms with Crippen LogP contribution in [-0.4, -0.2) is 35.0 Å². The van der Waals surface area contributed by atoms with Crippen molar-refractivity contribution in [3.63, 3.8) is 0 Å².